The lowest BCUT2D eigenvalue weighted by atomic mass is 10.2. The van der Waals surface area contributed by atoms with Crippen LogP contribution in [-0.4, -0.2) is 29.6 Å². The molecule has 110 valence electrons. The third kappa shape index (κ3) is 4.99. The van der Waals surface area contributed by atoms with Gasteiger partial charge in [0.1, 0.15) is 11.3 Å². The lowest BCUT2D eigenvalue weighted by Crippen LogP contribution is -2.37. The number of rotatable bonds is 7. The van der Waals surface area contributed by atoms with Crippen LogP contribution in [0.25, 0.3) is 0 Å². The molecule has 0 saturated heterocycles. The Hall–Kier alpha value is -1.31. The summed E-state index contributed by atoms with van der Waals surface area (Å²) in [4.78, 5) is 22.8. The first-order valence-electron chi connectivity index (χ1n) is 6.42. The van der Waals surface area contributed by atoms with E-state index in [0.717, 1.165) is 16.4 Å². The number of hydrogen-bond donors (Lipinski definition) is 2. The van der Waals surface area contributed by atoms with E-state index in [4.69, 9.17) is 9.84 Å². The first kappa shape index (κ1) is 16.7. The van der Waals surface area contributed by atoms with Crippen LogP contribution in [0.15, 0.2) is 18.2 Å². The van der Waals surface area contributed by atoms with E-state index in [1.54, 1.807) is 12.1 Å². The van der Waals surface area contributed by atoms with Crippen molar-refractivity contribution in [1.82, 2.24) is 5.32 Å². The van der Waals surface area contributed by atoms with Crippen molar-refractivity contribution in [3.63, 3.8) is 0 Å². The number of carbonyl (C=O) groups excluding carboxylic acids is 1. The van der Waals surface area contributed by atoms with Gasteiger partial charge in [0, 0.05) is 9.61 Å². The van der Waals surface area contributed by atoms with Gasteiger partial charge in [-0.15, -0.1) is 0 Å². The molecule has 1 aromatic rings. The third-order valence-corrected chi connectivity index (χ3v) is 3.55. The summed E-state index contributed by atoms with van der Waals surface area (Å²) in [6.45, 7) is 3.81. The molecule has 0 aliphatic rings. The molecule has 0 unspecified atom stereocenters. The number of carbonyl (C=O) groups is 2. The minimum Gasteiger partial charge on any atom is -0.483 e. The normalized spacial score (nSPS) is 10.4. The van der Waals surface area contributed by atoms with Crippen molar-refractivity contribution in [2.24, 2.45) is 0 Å². The van der Waals surface area contributed by atoms with Gasteiger partial charge in [-0.3, -0.25) is 4.79 Å². The second-order valence-corrected chi connectivity index (χ2v) is 5.56. The molecular formula is C14H18INO4. The second kappa shape index (κ2) is 8.08. The molecule has 5 nitrogen and oxygen atoms in total. The van der Waals surface area contributed by atoms with Crippen LogP contribution in [0.1, 0.15) is 37.0 Å². The van der Waals surface area contributed by atoms with E-state index in [-0.39, 0.29) is 29.9 Å². The van der Waals surface area contributed by atoms with E-state index in [1.807, 2.05) is 36.4 Å². The molecule has 0 atom stereocenters. The number of aromatic carboxylic acids is 1. The van der Waals surface area contributed by atoms with Gasteiger partial charge in [0.25, 0.3) is 5.91 Å². The summed E-state index contributed by atoms with van der Waals surface area (Å²) < 4.78 is 6.11. The zero-order valence-electron chi connectivity index (χ0n) is 11.5. The maximum Gasteiger partial charge on any atom is 0.339 e. The quantitative estimate of drug-likeness (QED) is 0.701. The zero-order chi connectivity index (χ0) is 15.1. The van der Waals surface area contributed by atoms with Crippen LogP contribution in [0.4, 0.5) is 0 Å². The van der Waals surface area contributed by atoms with Crippen LogP contribution in [0.3, 0.4) is 0 Å². The Bertz CT molecular complexity index is 486. The molecule has 0 bridgehead atoms. The number of carboxylic acids is 1. The fourth-order valence-corrected chi connectivity index (χ4v) is 2.19. The molecule has 1 rings (SSSR count). The summed E-state index contributed by atoms with van der Waals surface area (Å²) in [5, 5.41) is 11.9. The van der Waals surface area contributed by atoms with Gasteiger partial charge < -0.3 is 15.2 Å². The Labute approximate surface area is 131 Å². The fraction of sp³-hybridized carbons (Fsp3) is 0.429. The summed E-state index contributed by atoms with van der Waals surface area (Å²) in [6, 6.07) is 4.94. The summed E-state index contributed by atoms with van der Waals surface area (Å²) in [5.74, 6) is -1.11. The maximum atomic E-state index is 11.7. The molecule has 0 aromatic heterocycles. The molecule has 6 heteroatoms. The second-order valence-electron chi connectivity index (χ2n) is 4.32. The van der Waals surface area contributed by atoms with E-state index in [0.29, 0.717) is 0 Å². The van der Waals surface area contributed by atoms with Crippen molar-refractivity contribution in [2.45, 2.75) is 32.7 Å². The molecule has 0 aliphatic heterocycles. The van der Waals surface area contributed by atoms with Crippen LogP contribution in [0.2, 0.25) is 0 Å². The predicted molar refractivity (Wildman–Crippen MR) is 84.1 cm³/mol. The van der Waals surface area contributed by atoms with Crippen LogP contribution in [-0.2, 0) is 4.79 Å². The molecule has 0 saturated carbocycles. The average molecular weight is 391 g/mol. The highest BCUT2D eigenvalue weighted by Crippen LogP contribution is 2.21. The highest BCUT2D eigenvalue weighted by Gasteiger charge is 2.14. The van der Waals surface area contributed by atoms with Crippen molar-refractivity contribution in [2.75, 3.05) is 6.61 Å². The van der Waals surface area contributed by atoms with Crippen molar-refractivity contribution < 1.29 is 19.4 Å². The molecule has 0 radical (unpaired) electrons. The smallest absolute Gasteiger partial charge is 0.339 e. The maximum absolute atomic E-state index is 11.7. The number of amides is 1. The van der Waals surface area contributed by atoms with Gasteiger partial charge in [0.2, 0.25) is 0 Å². The highest BCUT2D eigenvalue weighted by atomic mass is 127. The van der Waals surface area contributed by atoms with Crippen LogP contribution in [0.5, 0.6) is 5.75 Å². The van der Waals surface area contributed by atoms with Gasteiger partial charge in [-0.1, -0.05) is 13.8 Å². The molecular weight excluding hydrogens is 373 g/mol. The van der Waals surface area contributed by atoms with E-state index >= 15 is 0 Å². The van der Waals surface area contributed by atoms with Crippen molar-refractivity contribution in [3.05, 3.63) is 27.3 Å². The summed E-state index contributed by atoms with van der Waals surface area (Å²) in [7, 11) is 0. The molecule has 0 aliphatic carbocycles. The van der Waals surface area contributed by atoms with E-state index in [2.05, 4.69) is 5.32 Å². The Morgan fingerprint density at radius 3 is 2.55 bits per heavy atom. The Morgan fingerprint density at radius 2 is 2.00 bits per heavy atom. The van der Waals surface area contributed by atoms with Gasteiger partial charge >= 0.3 is 5.97 Å². The number of carboxylic acid groups (broad SMARTS) is 1. The van der Waals surface area contributed by atoms with Gasteiger partial charge in [-0.2, -0.15) is 0 Å². The number of nitrogens with one attached hydrogen (secondary N) is 1. The molecule has 0 spiro atoms. The van der Waals surface area contributed by atoms with E-state index in [1.165, 1.54) is 6.07 Å². The Morgan fingerprint density at radius 1 is 1.35 bits per heavy atom. The van der Waals surface area contributed by atoms with Crippen molar-refractivity contribution in [1.29, 1.82) is 0 Å². The molecule has 20 heavy (non-hydrogen) atoms. The lowest BCUT2D eigenvalue weighted by Gasteiger charge is -2.15. The third-order valence-electron chi connectivity index (χ3n) is 2.88. The van der Waals surface area contributed by atoms with Crippen LogP contribution >= 0.6 is 22.6 Å². The average Bonchev–Trinajstić information content (AvgIpc) is 2.43. The van der Waals surface area contributed by atoms with Gasteiger partial charge in [0.05, 0.1) is 0 Å². The highest BCUT2D eigenvalue weighted by molar-refractivity contribution is 14.1. The largest absolute Gasteiger partial charge is 0.483 e. The molecule has 1 aromatic carbocycles. The predicted octanol–water partition coefficient (Wildman–Crippen LogP) is 2.67. The number of ether oxygens (including phenoxy) is 1. The molecule has 0 heterocycles. The van der Waals surface area contributed by atoms with Gasteiger partial charge in [-0.25, -0.2) is 4.79 Å². The van der Waals surface area contributed by atoms with Gasteiger partial charge in [0.15, 0.2) is 6.61 Å². The van der Waals surface area contributed by atoms with E-state index < -0.39 is 5.97 Å². The van der Waals surface area contributed by atoms with E-state index in [9.17, 15) is 9.59 Å². The van der Waals surface area contributed by atoms with Gasteiger partial charge in [-0.05, 0) is 53.6 Å². The van der Waals surface area contributed by atoms with Crippen LogP contribution < -0.4 is 10.1 Å². The minimum absolute atomic E-state index is 0.0623. The molecule has 1 amide bonds. The monoisotopic (exact) mass is 391 g/mol. The Balaban J connectivity index is 2.66. The minimum atomic E-state index is -1.07. The SMILES string of the molecule is CCC(CC)NC(=O)COc1ccc(I)cc1C(=O)O. The first-order chi connectivity index (χ1) is 9.47. The molecule has 0 fully saturated rings. The number of halogens is 1. The summed E-state index contributed by atoms with van der Waals surface area (Å²) in [6.07, 6.45) is 1.71. The topological polar surface area (TPSA) is 75.6 Å². The fourth-order valence-electron chi connectivity index (χ4n) is 1.70. The summed E-state index contributed by atoms with van der Waals surface area (Å²) in [5.41, 5.74) is 0.0623. The molecule has 2 N–H and O–H groups in total. The zero-order valence-corrected chi connectivity index (χ0v) is 13.6. The summed E-state index contributed by atoms with van der Waals surface area (Å²) >= 11 is 2.03. The van der Waals surface area contributed by atoms with Crippen molar-refractivity contribution >= 4 is 34.5 Å². The van der Waals surface area contributed by atoms with Crippen LogP contribution in [0, 0.1) is 3.57 Å². The lowest BCUT2D eigenvalue weighted by molar-refractivity contribution is -0.123. The standard InChI is InChI=1S/C14H18INO4/c1-3-10(4-2)16-13(17)8-20-12-6-5-9(15)7-11(12)14(18)19/h5-7,10H,3-4,8H2,1-2H3,(H,16,17)(H,18,19). The number of benzene rings is 1. The first-order valence-corrected chi connectivity index (χ1v) is 7.50. The Kier molecular flexibility index (Phi) is 6.77. The van der Waals surface area contributed by atoms with Crippen molar-refractivity contribution in [3.8, 4) is 5.75 Å². The number of hydrogen-bond acceptors (Lipinski definition) is 3.